The van der Waals surface area contributed by atoms with Gasteiger partial charge in [-0.1, -0.05) is 42.5 Å². The maximum atomic E-state index is 12.8. The largest absolute Gasteiger partial charge is 0.497 e. The van der Waals surface area contributed by atoms with Gasteiger partial charge in [0.15, 0.2) is 0 Å². The van der Waals surface area contributed by atoms with Crippen molar-refractivity contribution in [2.45, 2.75) is 56.7 Å². The van der Waals surface area contributed by atoms with Crippen molar-refractivity contribution < 1.29 is 14.3 Å². The molecule has 0 aliphatic heterocycles. The number of carbonyl (C=O) groups excluding carboxylic acids is 2. The van der Waals surface area contributed by atoms with Gasteiger partial charge in [0.05, 0.1) is 12.6 Å². The van der Waals surface area contributed by atoms with Crippen molar-refractivity contribution >= 4 is 11.9 Å². The monoisotopic (exact) mass is 421 g/mol. The summed E-state index contributed by atoms with van der Waals surface area (Å²) in [5.74, 6) is 0.982. The Morgan fingerprint density at radius 3 is 2.26 bits per heavy atom. The van der Waals surface area contributed by atoms with Crippen LogP contribution in [-0.2, 0) is 16.9 Å². The van der Waals surface area contributed by atoms with E-state index >= 15 is 0 Å². The van der Waals surface area contributed by atoms with Gasteiger partial charge in [-0.2, -0.15) is 0 Å². The molecule has 6 nitrogen and oxygen atoms in total. The molecule has 164 valence electrons. The predicted octanol–water partition coefficient (Wildman–Crippen LogP) is 3.86. The molecular formula is C25H31N3O3. The van der Waals surface area contributed by atoms with E-state index in [1.54, 1.807) is 7.11 Å². The normalized spacial score (nSPS) is 21.6. The minimum absolute atomic E-state index is 0.0293. The third-order valence-electron chi connectivity index (χ3n) is 6.48. The van der Waals surface area contributed by atoms with Crippen molar-refractivity contribution in [3.63, 3.8) is 0 Å². The van der Waals surface area contributed by atoms with Gasteiger partial charge in [-0.05, 0) is 61.8 Å². The van der Waals surface area contributed by atoms with Gasteiger partial charge in [0.1, 0.15) is 5.75 Å². The average molecular weight is 422 g/mol. The van der Waals surface area contributed by atoms with Gasteiger partial charge in [-0.25, -0.2) is 4.79 Å². The van der Waals surface area contributed by atoms with Crippen LogP contribution in [0.25, 0.3) is 0 Å². The zero-order valence-corrected chi connectivity index (χ0v) is 18.0. The lowest BCUT2D eigenvalue weighted by molar-refractivity contribution is -0.127. The SMILES string of the molecule is COc1ccc(CNC(=O)NC2CCC(C(=O)NC3(c4ccccc4)CC3)CC2)cc1. The molecule has 0 heterocycles. The first kappa shape index (κ1) is 21.2. The lowest BCUT2D eigenvalue weighted by Gasteiger charge is -2.30. The van der Waals surface area contributed by atoms with Crippen molar-refractivity contribution in [3.8, 4) is 5.75 Å². The number of benzene rings is 2. The first-order valence-electron chi connectivity index (χ1n) is 11.1. The fourth-order valence-corrected chi connectivity index (χ4v) is 4.37. The molecule has 0 bridgehead atoms. The summed E-state index contributed by atoms with van der Waals surface area (Å²) in [5.41, 5.74) is 2.06. The van der Waals surface area contributed by atoms with Crippen LogP contribution in [0, 0.1) is 5.92 Å². The highest BCUT2D eigenvalue weighted by molar-refractivity contribution is 5.80. The second-order valence-corrected chi connectivity index (χ2v) is 8.66. The molecule has 2 fully saturated rings. The highest BCUT2D eigenvalue weighted by Crippen LogP contribution is 2.45. The fourth-order valence-electron chi connectivity index (χ4n) is 4.37. The Bertz CT molecular complexity index is 886. The summed E-state index contributed by atoms with van der Waals surface area (Å²) < 4.78 is 5.15. The number of ether oxygens (including phenoxy) is 1. The molecule has 0 spiro atoms. The highest BCUT2D eigenvalue weighted by Gasteiger charge is 2.46. The number of amides is 3. The molecule has 0 radical (unpaired) electrons. The van der Waals surface area contributed by atoms with Crippen LogP contribution >= 0.6 is 0 Å². The molecule has 2 aromatic carbocycles. The van der Waals surface area contributed by atoms with Gasteiger partial charge < -0.3 is 20.7 Å². The summed E-state index contributed by atoms with van der Waals surface area (Å²) >= 11 is 0. The maximum absolute atomic E-state index is 12.8. The summed E-state index contributed by atoms with van der Waals surface area (Å²) in [7, 11) is 1.63. The zero-order valence-electron chi connectivity index (χ0n) is 18.0. The molecule has 2 aliphatic carbocycles. The number of urea groups is 1. The second kappa shape index (κ2) is 9.41. The second-order valence-electron chi connectivity index (χ2n) is 8.66. The smallest absolute Gasteiger partial charge is 0.315 e. The van der Waals surface area contributed by atoms with Gasteiger partial charge in [0.2, 0.25) is 5.91 Å². The van der Waals surface area contributed by atoms with E-state index < -0.39 is 0 Å². The molecule has 3 N–H and O–H groups in total. The summed E-state index contributed by atoms with van der Waals surface area (Å²) in [5, 5.41) is 9.26. The van der Waals surface area contributed by atoms with Crippen molar-refractivity contribution in [2.24, 2.45) is 5.92 Å². The first-order valence-corrected chi connectivity index (χ1v) is 11.1. The van der Waals surface area contributed by atoms with Crippen LogP contribution in [0.5, 0.6) is 5.75 Å². The molecule has 2 saturated carbocycles. The Morgan fingerprint density at radius 2 is 1.65 bits per heavy atom. The van der Waals surface area contributed by atoms with Crippen molar-refractivity contribution in [1.82, 2.24) is 16.0 Å². The van der Waals surface area contributed by atoms with Crippen LogP contribution in [0.3, 0.4) is 0 Å². The van der Waals surface area contributed by atoms with Crippen LogP contribution in [0.2, 0.25) is 0 Å². The van der Waals surface area contributed by atoms with Crippen LogP contribution < -0.4 is 20.7 Å². The van der Waals surface area contributed by atoms with E-state index in [0.717, 1.165) is 49.8 Å². The summed E-state index contributed by atoms with van der Waals surface area (Å²) in [6.07, 6.45) is 5.28. The fraction of sp³-hybridized carbons (Fsp3) is 0.440. The van der Waals surface area contributed by atoms with E-state index in [-0.39, 0.29) is 29.4 Å². The first-order chi connectivity index (χ1) is 15.1. The standard InChI is InChI=1S/C25H31N3O3/c1-31-22-13-7-18(8-14-22)17-26-24(30)27-21-11-9-19(10-12-21)23(29)28-25(15-16-25)20-5-3-2-4-6-20/h2-8,13-14,19,21H,9-12,15-17H2,1H3,(H,28,29)(H2,26,27,30). The van der Waals surface area contributed by atoms with Gasteiger partial charge in [0, 0.05) is 18.5 Å². The molecule has 3 amide bonds. The Balaban J connectivity index is 1.19. The lowest BCUT2D eigenvalue weighted by atomic mass is 9.85. The molecule has 0 saturated heterocycles. The maximum Gasteiger partial charge on any atom is 0.315 e. The van der Waals surface area contributed by atoms with E-state index in [0.29, 0.717) is 6.54 Å². The average Bonchev–Trinajstić information content (AvgIpc) is 3.59. The van der Waals surface area contributed by atoms with Gasteiger partial charge >= 0.3 is 6.03 Å². The lowest BCUT2D eigenvalue weighted by Crippen LogP contribution is -2.45. The third kappa shape index (κ3) is 5.37. The minimum Gasteiger partial charge on any atom is -0.497 e. The molecule has 4 rings (SSSR count). The summed E-state index contributed by atoms with van der Waals surface area (Å²) in [6.45, 7) is 0.467. The number of hydrogen-bond donors (Lipinski definition) is 3. The Morgan fingerprint density at radius 1 is 0.968 bits per heavy atom. The van der Waals surface area contributed by atoms with Gasteiger partial charge in [-0.15, -0.1) is 0 Å². The zero-order chi connectivity index (χ0) is 21.7. The number of hydrogen-bond acceptors (Lipinski definition) is 3. The summed E-state index contributed by atoms with van der Waals surface area (Å²) in [6, 6.07) is 17.8. The molecule has 0 atom stereocenters. The van der Waals surface area contributed by atoms with Crippen LogP contribution in [-0.4, -0.2) is 25.1 Å². The van der Waals surface area contributed by atoms with Crippen LogP contribution in [0.4, 0.5) is 4.79 Å². The molecular weight excluding hydrogens is 390 g/mol. The van der Waals surface area contributed by atoms with E-state index in [1.165, 1.54) is 5.56 Å². The van der Waals surface area contributed by atoms with E-state index in [1.807, 2.05) is 42.5 Å². The molecule has 0 unspecified atom stereocenters. The predicted molar refractivity (Wildman–Crippen MR) is 120 cm³/mol. The van der Waals surface area contributed by atoms with Crippen LogP contribution in [0.1, 0.15) is 49.7 Å². The number of rotatable bonds is 7. The van der Waals surface area contributed by atoms with Gasteiger partial charge in [-0.3, -0.25) is 4.79 Å². The van der Waals surface area contributed by atoms with E-state index in [9.17, 15) is 9.59 Å². The van der Waals surface area contributed by atoms with Crippen molar-refractivity contribution in [3.05, 3.63) is 65.7 Å². The van der Waals surface area contributed by atoms with E-state index in [2.05, 4.69) is 28.1 Å². The van der Waals surface area contributed by atoms with E-state index in [4.69, 9.17) is 4.74 Å². The minimum atomic E-state index is -0.162. The third-order valence-corrected chi connectivity index (χ3v) is 6.48. The molecule has 2 aromatic rings. The number of nitrogens with one attached hydrogen (secondary N) is 3. The molecule has 31 heavy (non-hydrogen) atoms. The molecule has 2 aliphatic rings. The Labute approximate surface area is 183 Å². The summed E-state index contributed by atoms with van der Waals surface area (Å²) in [4.78, 5) is 25.1. The van der Waals surface area contributed by atoms with Crippen molar-refractivity contribution in [1.29, 1.82) is 0 Å². The molecule has 6 heteroatoms. The number of methoxy groups -OCH3 is 1. The molecule has 0 aromatic heterocycles. The van der Waals surface area contributed by atoms with Gasteiger partial charge in [0.25, 0.3) is 0 Å². The van der Waals surface area contributed by atoms with Crippen molar-refractivity contribution in [2.75, 3.05) is 7.11 Å². The number of carbonyl (C=O) groups is 2. The Hall–Kier alpha value is -3.02. The van der Waals surface area contributed by atoms with Crippen LogP contribution in [0.15, 0.2) is 54.6 Å². The quantitative estimate of drug-likeness (QED) is 0.635. The topological polar surface area (TPSA) is 79.5 Å². The highest BCUT2D eigenvalue weighted by atomic mass is 16.5. The Kier molecular flexibility index (Phi) is 6.44.